The van der Waals surface area contributed by atoms with Crippen molar-refractivity contribution in [2.75, 3.05) is 0 Å². The molecule has 0 aromatic heterocycles. The molecule has 0 N–H and O–H groups in total. The summed E-state index contributed by atoms with van der Waals surface area (Å²) in [5.74, 6) is 0. The van der Waals surface area contributed by atoms with Gasteiger partial charge in [-0.25, -0.2) is 0 Å². The Bertz CT molecular complexity index is 392. The first-order valence-corrected chi connectivity index (χ1v) is 5.04. The standard InChI is InChI=1S/C13H17NO/c1-5-8-15-14-12(4)13-7-6-10(2)11(3)9-13/h5-9H,1-4H3/b8-5-,14-12-. The molecule has 1 aromatic rings. The first-order valence-electron chi connectivity index (χ1n) is 5.04. The second kappa shape index (κ2) is 5.35. The molecule has 0 atom stereocenters. The van der Waals surface area contributed by atoms with Gasteiger partial charge in [0.25, 0.3) is 0 Å². The molecule has 2 heteroatoms. The quantitative estimate of drug-likeness (QED) is 0.418. The summed E-state index contributed by atoms with van der Waals surface area (Å²) >= 11 is 0. The lowest BCUT2D eigenvalue weighted by Crippen LogP contribution is -1.96. The lowest BCUT2D eigenvalue weighted by molar-refractivity contribution is 0.268. The van der Waals surface area contributed by atoms with Crippen molar-refractivity contribution in [3.05, 3.63) is 47.2 Å². The highest BCUT2D eigenvalue weighted by Crippen LogP contribution is 2.10. The summed E-state index contributed by atoms with van der Waals surface area (Å²) in [5, 5.41) is 3.98. The average molecular weight is 203 g/mol. The number of nitrogens with zero attached hydrogens (tertiary/aromatic N) is 1. The monoisotopic (exact) mass is 203 g/mol. The normalized spacial score (nSPS) is 12.1. The Balaban J connectivity index is 2.86. The number of allylic oxidation sites excluding steroid dienone is 1. The molecule has 0 saturated carbocycles. The highest BCUT2D eigenvalue weighted by atomic mass is 16.6. The van der Waals surface area contributed by atoms with Crippen molar-refractivity contribution in [1.29, 1.82) is 0 Å². The van der Waals surface area contributed by atoms with Crippen LogP contribution in [-0.2, 0) is 4.84 Å². The summed E-state index contributed by atoms with van der Waals surface area (Å²) in [7, 11) is 0. The van der Waals surface area contributed by atoms with Gasteiger partial charge in [0.05, 0.1) is 5.71 Å². The molecule has 0 fully saturated rings. The van der Waals surface area contributed by atoms with Crippen LogP contribution < -0.4 is 0 Å². The van der Waals surface area contributed by atoms with Crippen LogP contribution in [0.2, 0.25) is 0 Å². The first-order chi connectivity index (χ1) is 7.15. The summed E-state index contributed by atoms with van der Waals surface area (Å²) in [6.45, 7) is 8.02. The van der Waals surface area contributed by atoms with Crippen molar-refractivity contribution in [2.45, 2.75) is 27.7 Å². The van der Waals surface area contributed by atoms with Crippen molar-refractivity contribution in [2.24, 2.45) is 5.16 Å². The summed E-state index contributed by atoms with van der Waals surface area (Å²) in [6.07, 6.45) is 3.36. The van der Waals surface area contributed by atoms with Gasteiger partial charge < -0.3 is 4.84 Å². The molecule has 1 rings (SSSR count). The fourth-order valence-electron chi connectivity index (χ4n) is 1.19. The number of oxime groups is 1. The Morgan fingerprint density at radius 3 is 2.60 bits per heavy atom. The molecule has 80 valence electrons. The third kappa shape index (κ3) is 3.24. The maximum atomic E-state index is 4.98. The van der Waals surface area contributed by atoms with Crippen molar-refractivity contribution >= 4 is 5.71 Å². The van der Waals surface area contributed by atoms with Crippen LogP contribution in [-0.4, -0.2) is 5.71 Å². The van der Waals surface area contributed by atoms with E-state index in [0.29, 0.717) is 0 Å². The van der Waals surface area contributed by atoms with Crippen LogP contribution in [0.25, 0.3) is 0 Å². The van der Waals surface area contributed by atoms with Gasteiger partial charge in [-0.3, -0.25) is 0 Å². The lowest BCUT2D eigenvalue weighted by atomic mass is 10.0. The molecule has 0 aliphatic carbocycles. The van der Waals surface area contributed by atoms with Crippen LogP contribution in [0.4, 0.5) is 0 Å². The molecular formula is C13H17NO. The Morgan fingerprint density at radius 1 is 1.27 bits per heavy atom. The van der Waals surface area contributed by atoms with Crippen LogP contribution in [0.5, 0.6) is 0 Å². The topological polar surface area (TPSA) is 21.6 Å². The maximum absolute atomic E-state index is 4.98. The Morgan fingerprint density at radius 2 is 2.00 bits per heavy atom. The van der Waals surface area contributed by atoms with E-state index in [1.807, 2.05) is 13.8 Å². The number of hydrogen-bond acceptors (Lipinski definition) is 2. The van der Waals surface area contributed by atoms with E-state index in [4.69, 9.17) is 4.84 Å². The molecule has 0 radical (unpaired) electrons. The van der Waals surface area contributed by atoms with Crippen molar-refractivity contribution < 1.29 is 4.84 Å². The van der Waals surface area contributed by atoms with E-state index in [1.54, 1.807) is 12.3 Å². The first kappa shape index (κ1) is 11.5. The Labute approximate surface area is 91.3 Å². The number of benzene rings is 1. The average Bonchev–Trinajstić information content (AvgIpc) is 2.22. The van der Waals surface area contributed by atoms with Crippen molar-refractivity contribution in [3.8, 4) is 0 Å². The molecule has 0 saturated heterocycles. The molecule has 1 aromatic carbocycles. The predicted octanol–water partition coefficient (Wildman–Crippen LogP) is 3.58. The van der Waals surface area contributed by atoms with E-state index < -0.39 is 0 Å². The van der Waals surface area contributed by atoms with E-state index in [-0.39, 0.29) is 0 Å². The SMILES string of the molecule is C/C=C\O/N=C(/C)c1ccc(C)c(C)c1. The van der Waals surface area contributed by atoms with Gasteiger partial charge in [0.1, 0.15) is 6.26 Å². The molecule has 0 aliphatic rings. The third-order valence-corrected chi connectivity index (χ3v) is 2.31. The second-order valence-electron chi connectivity index (χ2n) is 3.55. The van der Waals surface area contributed by atoms with Crippen LogP contribution in [0.15, 0.2) is 35.7 Å². The maximum Gasteiger partial charge on any atom is 0.117 e. The van der Waals surface area contributed by atoms with E-state index >= 15 is 0 Å². The van der Waals surface area contributed by atoms with Crippen LogP contribution in [0.3, 0.4) is 0 Å². The molecule has 0 aliphatic heterocycles. The van der Waals surface area contributed by atoms with Crippen molar-refractivity contribution in [3.63, 3.8) is 0 Å². The third-order valence-electron chi connectivity index (χ3n) is 2.31. The fraction of sp³-hybridized carbons (Fsp3) is 0.308. The number of rotatable bonds is 3. The lowest BCUT2D eigenvalue weighted by Gasteiger charge is -2.03. The second-order valence-corrected chi connectivity index (χ2v) is 3.55. The zero-order valence-electron chi connectivity index (χ0n) is 9.74. The van der Waals surface area contributed by atoms with Gasteiger partial charge in [0.15, 0.2) is 0 Å². The molecule has 0 amide bonds. The van der Waals surface area contributed by atoms with Gasteiger partial charge in [-0.2, -0.15) is 0 Å². The van der Waals surface area contributed by atoms with Gasteiger partial charge in [-0.1, -0.05) is 17.3 Å². The van der Waals surface area contributed by atoms with Gasteiger partial charge >= 0.3 is 0 Å². The van der Waals surface area contributed by atoms with Gasteiger partial charge in [0, 0.05) is 0 Å². The highest BCUT2D eigenvalue weighted by Gasteiger charge is 1.99. The van der Waals surface area contributed by atoms with Gasteiger partial charge in [-0.05, 0) is 56.5 Å². The minimum atomic E-state index is 0.885. The Kier molecular flexibility index (Phi) is 4.10. The number of aryl methyl sites for hydroxylation is 2. The van der Waals surface area contributed by atoms with Crippen LogP contribution >= 0.6 is 0 Å². The van der Waals surface area contributed by atoms with E-state index in [1.165, 1.54) is 11.1 Å². The smallest absolute Gasteiger partial charge is 0.117 e. The van der Waals surface area contributed by atoms with E-state index in [2.05, 4.69) is 37.2 Å². The predicted molar refractivity (Wildman–Crippen MR) is 64.0 cm³/mol. The largest absolute Gasteiger partial charge is 0.365 e. The number of hydrogen-bond donors (Lipinski definition) is 0. The molecule has 15 heavy (non-hydrogen) atoms. The van der Waals surface area contributed by atoms with Crippen molar-refractivity contribution in [1.82, 2.24) is 0 Å². The zero-order chi connectivity index (χ0) is 11.3. The minimum absolute atomic E-state index is 0.885. The fourth-order valence-corrected chi connectivity index (χ4v) is 1.19. The van der Waals surface area contributed by atoms with E-state index in [0.717, 1.165) is 11.3 Å². The summed E-state index contributed by atoms with van der Waals surface area (Å²) in [6, 6.07) is 6.27. The molecular weight excluding hydrogens is 186 g/mol. The van der Waals surface area contributed by atoms with E-state index in [9.17, 15) is 0 Å². The molecule has 0 unspecified atom stereocenters. The molecule has 0 bridgehead atoms. The summed E-state index contributed by atoms with van der Waals surface area (Å²) in [5.41, 5.74) is 4.55. The zero-order valence-corrected chi connectivity index (χ0v) is 9.74. The minimum Gasteiger partial charge on any atom is -0.365 e. The molecule has 2 nitrogen and oxygen atoms in total. The summed E-state index contributed by atoms with van der Waals surface area (Å²) in [4.78, 5) is 4.98. The van der Waals surface area contributed by atoms with Crippen LogP contribution in [0.1, 0.15) is 30.5 Å². The van der Waals surface area contributed by atoms with Crippen LogP contribution in [0, 0.1) is 13.8 Å². The summed E-state index contributed by atoms with van der Waals surface area (Å²) < 4.78 is 0. The van der Waals surface area contributed by atoms with Gasteiger partial charge in [-0.15, -0.1) is 0 Å². The Hall–Kier alpha value is -1.57. The molecule has 0 spiro atoms. The highest BCUT2D eigenvalue weighted by molar-refractivity contribution is 5.98. The molecule has 0 heterocycles. The van der Waals surface area contributed by atoms with Gasteiger partial charge in [0.2, 0.25) is 0 Å².